The highest BCUT2D eigenvalue weighted by Crippen LogP contribution is 2.43. The Labute approximate surface area is 176 Å². The second-order valence-corrected chi connectivity index (χ2v) is 8.15. The Balaban J connectivity index is 1.72. The van der Waals surface area contributed by atoms with E-state index in [1.807, 2.05) is 20.8 Å². The maximum atomic E-state index is 13.0. The molecular weight excluding hydrogens is 390 g/mol. The molecule has 2 heterocycles. The lowest BCUT2D eigenvalue weighted by Gasteiger charge is -2.37. The van der Waals surface area contributed by atoms with Crippen LogP contribution in [0.4, 0.5) is 0 Å². The number of hydrogen-bond donors (Lipinski definition) is 4. The molecule has 1 aromatic rings. The number of nitrogens with one attached hydrogen (secondary N) is 2. The maximum absolute atomic E-state index is 13.0. The van der Waals surface area contributed by atoms with E-state index in [1.165, 1.54) is 0 Å². The molecule has 166 valence electrons. The standard InChI is InChI=1S/C21H31N3O6/c1-12-13(2)18-15(14(3)17(12)26)5-6-21(4,30-18)20(28)22-16(11-25)19(27)23-24-7-9-29-10-8-24/h16,25-26H,5-11H2,1-4H3,(H,22,28)(H,23,27). The Bertz CT molecular complexity index is 837. The molecule has 0 spiro atoms. The number of fused-ring (bicyclic) bond motifs is 1. The van der Waals surface area contributed by atoms with Crippen LogP contribution in [-0.2, 0) is 20.7 Å². The summed E-state index contributed by atoms with van der Waals surface area (Å²) in [6.45, 7) is 8.75. The summed E-state index contributed by atoms with van der Waals surface area (Å²) in [5, 5.41) is 24.3. The van der Waals surface area contributed by atoms with Crippen molar-refractivity contribution in [3.05, 3.63) is 22.3 Å². The van der Waals surface area contributed by atoms with Crippen molar-refractivity contribution >= 4 is 11.8 Å². The van der Waals surface area contributed by atoms with Gasteiger partial charge in [0.1, 0.15) is 17.5 Å². The Morgan fingerprint density at radius 3 is 2.47 bits per heavy atom. The Kier molecular flexibility index (Phi) is 6.54. The second-order valence-electron chi connectivity index (χ2n) is 8.15. The van der Waals surface area contributed by atoms with Crippen LogP contribution >= 0.6 is 0 Å². The monoisotopic (exact) mass is 421 g/mol. The number of carbonyl (C=O) groups excluding carboxylic acids is 2. The third-order valence-electron chi connectivity index (χ3n) is 6.08. The number of aliphatic hydroxyl groups is 1. The van der Waals surface area contributed by atoms with Crippen LogP contribution in [0.2, 0.25) is 0 Å². The quantitative estimate of drug-likeness (QED) is 0.538. The van der Waals surface area contributed by atoms with Gasteiger partial charge >= 0.3 is 0 Å². The van der Waals surface area contributed by atoms with Gasteiger partial charge in [-0.1, -0.05) is 0 Å². The van der Waals surface area contributed by atoms with Gasteiger partial charge in [-0.15, -0.1) is 0 Å². The topological polar surface area (TPSA) is 120 Å². The van der Waals surface area contributed by atoms with Crippen LogP contribution in [0, 0.1) is 20.8 Å². The lowest BCUT2D eigenvalue weighted by Crippen LogP contribution is -2.60. The van der Waals surface area contributed by atoms with Gasteiger partial charge in [-0.05, 0) is 50.8 Å². The zero-order chi connectivity index (χ0) is 22.1. The van der Waals surface area contributed by atoms with E-state index in [2.05, 4.69) is 10.7 Å². The van der Waals surface area contributed by atoms with Gasteiger partial charge in [-0.25, -0.2) is 5.01 Å². The minimum absolute atomic E-state index is 0.253. The zero-order valence-corrected chi connectivity index (χ0v) is 18.0. The van der Waals surface area contributed by atoms with E-state index in [9.17, 15) is 19.8 Å². The summed E-state index contributed by atoms with van der Waals surface area (Å²) < 4.78 is 11.4. The van der Waals surface area contributed by atoms with Gasteiger partial charge in [0.25, 0.3) is 11.8 Å². The van der Waals surface area contributed by atoms with Gasteiger partial charge in [0.2, 0.25) is 0 Å². The third-order valence-corrected chi connectivity index (χ3v) is 6.08. The molecule has 2 aliphatic rings. The largest absolute Gasteiger partial charge is 0.507 e. The van der Waals surface area contributed by atoms with Crippen LogP contribution in [0.3, 0.4) is 0 Å². The normalized spacial score (nSPS) is 22.6. The third kappa shape index (κ3) is 4.23. The van der Waals surface area contributed by atoms with E-state index in [0.717, 1.165) is 16.7 Å². The van der Waals surface area contributed by atoms with Gasteiger partial charge in [0.15, 0.2) is 5.60 Å². The number of rotatable bonds is 5. The molecule has 2 amide bonds. The average Bonchev–Trinajstić information content (AvgIpc) is 2.74. The molecule has 2 atom stereocenters. The number of amides is 2. The van der Waals surface area contributed by atoms with Crippen LogP contribution in [0.1, 0.15) is 35.6 Å². The summed E-state index contributed by atoms with van der Waals surface area (Å²) in [5.74, 6) is -0.0968. The Morgan fingerprint density at radius 1 is 1.17 bits per heavy atom. The number of aliphatic hydroxyl groups excluding tert-OH is 1. The lowest BCUT2D eigenvalue weighted by atomic mass is 9.86. The molecule has 1 aromatic carbocycles. The SMILES string of the molecule is Cc1c(C)c2c(c(C)c1O)CCC(C)(C(=O)NC(CO)C(=O)NN1CCOCC1)O2. The van der Waals surface area contributed by atoms with Gasteiger partial charge in [0, 0.05) is 25.1 Å². The molecule has 9 nitrogen and oxygen atoms in total. The first-order chi connectivity index (χ1) is 14.2. The van der Waals surface area contributed by atoms with E-state index in [1.54, 1.807) is 11.9 Å². The minimum atomic E-state index is -1.19. The van der Waals surface area contributed by atoms with E-state index in [4.69, 9.17) is 9.47 Å². The number of hydrogen-bond acceptors (Lipinski definition) is 7. The molecular formula is C21H31N3O6. The van der Waals surface area contributed by atoms with Crippen LogP contribution in [0.5, 0.6) is 11.5 Å². The number of ether oxygens (including phenoxy) is 2. The van der Waals surface area contributed by atoms with Crippen molar-refractivity contribution in [1.29, 1.82) is 0 Å². The van der Waals surface area contributed by atoms with Crippen LogP contribution in [0.15, 0.2) is 0 Å². The van der Waals surface area contributed by atoms with E-state index in [0.29, 0.717) is 50.5 Å². The molecule has 1 saturated heterocycles. The smallest absolute Gasteiger partial charge is 0.264 e. The van der Waals surface area contributed by atoms with Crippen LogP contribution in [0.25, 0.3) is 0 Å². The summed E-state index contributed by atoms with van der Waals surface area (Å²) in [4.78, 5) is 25.5. The number of hydrazine groups is 1. The van der Waals surface area contributed by atoms with E-state index >= 15 is 0 Å². The number of benzene rings is 1. The maximum Gasteiger partial charge on any atom is 0.264 e. The van der Waals surface area contributed by atoms with Crippen molar-refractivity contribution in [1.82, 2.24) is 15.8 Å². The first kappa shape index (κ1) is 22.3. The molecule has 1 fully saturated rings. The van der Waals surface area contributed by atoms with Gasteiger partial charge in [0.05, 0.1) is 19.8 Å². The Morgan fingerprint density at radius 2 is 1.83 bits per heavy atom. The highest BCUT2D eigenvalue weighted by molar-refractivity contribution is 5.91. The predicted molar refractivity (Wildman–Crippen MR) is 109 cm³/mol. The molecule has 2 unspecified atom stereocenters. The summed E-state index contributed by atoms with van der Waals surface area (Å²) in [7, 11) is 0. The molecule has 0 aromatic heterocycles. The molecule has 0 bridgehead atoms. The van der Waals surface area contributed by atoms with Crippen molar-refractivity contribution in [2.75, 3.05) is 32.9 Å². The second kappa shape index (κ2) is 8.79. The first-order valence-corrected chi connectivity index (χ1v) is 10.2. The predicted octanol–water partition coefficient (Wildman–Crippen LogP) is 0.242. The summed E-state index contributed by atoms with van der Waals surface area (Å²) in [6.07, 6.45) is 0.946. The van der Waals surface area contributed by atoms with Crippen LogP contribution in [-0.4, -0.2) is 71.6 Å². The Hall–Kier alpha value is -2.36. The van der Waals surface area contributed by atoms with Gasteiger partial charge < -0.3 is 25.0 Å². The number of phenols is 1. The van der Waals surface area contributed by atoms with E-state index < -0.39 is 30.1 Å². The highest BCUT2D eigenvalue weighted by atomic mass is 16.5. The lowest BCUT2D eigenvalue weighted by molar-refractivity contribution is -0.142. The number of carbonyl (C=O) groups is 2. The first-order valence-electron chi connectivity index (χ1n) is 10.2. The van der Waals surface area contributed by atoms with Gasteiger partial charge in [-0.2, -0.15) is 0 Å². The molecule has 4 N–H and O–H groups in total. The molecule has 0 radical (unpaired) electrons. The number of aromatic hydroxyl groups is 1. The van der Waals surface area contributed by atoms with Crippen molar-refractivity contribution in [3.63, 3.8) is 0 Å². The van der Waals surface area contributed by atoms with Crippen molar-refractivity contribution in [2.24, 2.45) is 0 Å². The summed E-state index contributed by atoms with van der Waals surface area (Å²) >= 11 is 0. The number of nitrogens with zero attached hydrogens (tertiary/aromatic N) is 1. The summed E-state index contributed by atoms with van der Waals surface area (Å²) in [6, 6.07) is -1.09. The summed E-state index contributed by atoms with van der Waals surface area (Å²) in [5.41, 5.74) is 4.67. The molecule has 2 aliphatic heterocycles. The fourth-order valence-corrected chi connectivity index (χ4v) is 3.82. The molecule has 30 heavy (non-hydrogen) atoms. The fourth-order valence-electron chi connectivity index (χ4n) is 3.82. The molecule has 0 aliphatic carbocycles. The van der Waals surface area contributed by atoms with Crippen molar-refractivity contribution < 1.29 is 29.3 Å². The number of phenolic OH excluding ortho intramolecular Hbond substituents is 1. The average molecular weight is 421 g/mol. The van der Waals surface area contributed by atoms with Gasteiger partial charge in [-0.3, -0.25) is 15.0 Å². The molecule has 3 rings (SSSR count). The van der Waals surface area contributed by atoms with Crippen molar-refractivity contribution in [2.45, 2.75) is 52.2 Å². The van der Waals surface area contributed by atoms with E-state index in [-0.39, 0.29) is 5.75 Å². The zero-order valence-electron chi connectivity index (χ0n) is 18.0. The van der Waals surface area contributed by atoms with Crippen LogP contribution < -0.4 is 15.5 Å². The molecule has 0 saturated carbocycles. The highest BCUT2D eigenvalue weighted by Gasteiger charge is 2.42. The fraction of sp³-hybridized carbons (Fsp3) is 0.619. The molecule has 9 heteroatoms. The van der Waals surface area contributed by atoms with Crippen molar-refractivity contribution in [3.8, 4) is 11.5 Å². The minimum Gasteiger partial charge on any atom is -0.507 e. The number of morpholine rings is 1.